The summed E-state index contributed by atoms with van der Waals surface area (Å²) in [5, 5.41) is 0. The minimum absolute atomic E-state index is 0.0553. The summed E-state index contributed by atoms with van der Waals surface area (Å²) in [5.74, 6) is -0.107. The van der Waals surface area contributed by atoms with Gasteiger partial charge in [-0.3, -0.25) is 9.63 Å². The number of rotatable bonds is 4. The van der Waals surface area contributed by atoms with Gasteiger partial charge in [0.05, 0.1) is 12.0 Å². The van der Waals surface area contributed by atoms with E-state index in [0.717, 1.165) is 43.2 Å². The lowest BCUT2D eigenvalue weighted by Gasteiger charge is -2.25. The van der Waals surface area contributed by atoms with Gasteiger partial charge >= 0.3 is 0 Å². The number of hydrogen-bond donors (Lipinski definition) is 0. The van der Waals surface area contributed by atoms with Gasteiger partial charge < -0.3 is 4.90 Å². The molecule has 6 nitrogen and oxygen atoms in total. The van der Waals surface area contributed by atoms with Crippen molar-refractivity contribution in [1.82, 2.24) is 9.37 Å². The van der Waals surface area contributed by atoms with Crippen LogP contribution in [0.15, 0.2) is 29.2 Å². The number of hydroxylamine groups is 1. The van der Waals surface area contributed by atoms with Gasteiger partial charge in [0.2, 0.25) is 0 Å². The predicted molar refractivity (Wildman–Crippen MR) is 87.4 cm³/mol. The second-order valence-corrected chi connectivity index (χ2v) is 7.62. The van der Waals surface area contributed by atoms with E-state index in [9.17, 15) is 13.2 Å². The molecule has 0 radical (unpaired) electrons. The summed E-state index contributed by atoms with van der Waals surface area (Å²) in [6, 6.07) is 6.14. The van der Waals surface area contributed by atoms with Crippen molar-refractivity contribution in [3.8, 4) is 0 Å². The highest BCUT2D eigenvalue weighted by atomic mass is 32.2. The Kier molecular flexibility index (Phi) is 6.15. The molecule has 1 fully saturated rings. The van der Waals surface area contributed by atoms with Gasteiger partial charge in [-0.15, -0.1) is 0 Å². The Morgan fingerprint density at radius 2 is 1.74 bits per heavy atom. The number of hydrogen-bond acceptors (Lipinski definition) is 4. The Morgan fingerprint density at radius 3 is 2.35 bits per heavy atom. The van der Waals surface area contributed by atoms with Gasteiger partial charge in [-0.2, -0.15) is 0 Å². The first-order valence-electron chi connectivity index (χ1n) is 7.89. The normalized spacial score (nSPS) is 16.9. The van der Waals surface area contributed by atoms with Crippen molar-refractivity contribution < 1.29 is 18.0 Å². The molecule has 1 amide bonds. The van der Waals surface area contributed by atoms with Gasteiger partial charge in [-0.25, -0.2) is 8.42 Å². The minimum Gasteiger partial charge on any atom is -0.339 e. The largest absolute Gasteiger partial charge is 0.339 e. The van der Waals surface area contributed by atoms with Crippen LogP contribution in [0.25, 0.3) is 0 Å². The molecular formula is C16H24N2O4S. The van der Waals surface area contributed by atoms with Crippen molar-refractivity contribution >= 4 is 15.9 Å². The molecule has 1 heterocycles. The van der Waals surface area contributed by atoms with Crippen molar-refractivity contribution in [2.75, 3.05) is 27.2 Å². The Balaban J connectivity index is 2.23. The summed E-state index contributed by atoms with van der Waals surface area (Å²) in [6.07, 6.45) is 5.49. The Labute approximate surface area is 138 Å². The fraction of sp³-hybridized carbons (Fsp3) is 0.562. The first-order valence-corrected chi connectivity index (χ1v) is 9.33. The molecule has 7 heteroatoms. The number of carbonyl (C=O) groups excluding carboxylic acids is 1. The van der Waals surface area contributed by atoms with Crippen molar-refractivity contribution in [2.45, 2.75) is 37.0 Å². The highest BCUT2D eigenvalue weighted by Crippen LogP contribution is 2.18. The molecule has 2 rings (SSSR count). The predicted octanol–water partition coefficient (Wildman–Crippen LogP) is 2.27. The number of benzene rings is 1. The molecule has 1 aromatic carbocycles. The molecule has 0 N–H and O–H groups in total. The molecule has 0 unspecified atom stereocenters. The van der Waals surface area contributed by atoms with Crippen molar-refractivity contribution in [3.63, 3.8) is 0 Å². The zero-order chi connectivity index (χ0) is 16.9. The van der Waals surface area contributed by atoms with Crippen LogP contribution in [0.2, 0.25) is 0 Å². The number of amides is 1. The van der Waals surface area contributed by atoms with Crippen molar-refractivity contribution in [2.24, 2.45) is 0 Å². The maximum absolute atomic E-state index is 12.7. The molecule has 1 aliphatic rings. The van der Waals surface area contributed by atoms with Gasteiger partial charge in [0.25, 0.3) is 15.9 Å². The molecule has 0 aromatic heterocycles. The molecule has 23 heavy (non-hydrogen) atoms. The van der Waals surface area contributed by atoms with Crippen molar-refractivity contribution in [1.29, 1.82) is 0 Å². The molecule has 1 aromatic rings. The van der Waals surface area contributed by atoms with Gasteiger partial charge in [-0.1, -0.05) is 29.8 Å². The lowest BCUT2D eigenvalue weighted by Crippen LogP contribution is -2.34. The molecular weight excluding hydrogens is 316 g/mol. The maximum Gasteiger partial charge on any atom is 0.264 e. The van der Waals surface area contributed by atoms with E-state index >= 15 is 0 Å². The third-order valence-corrected chi connectivity index (χ3v) is 5.79. The van der Waals surface area contributed by atoms with E-state index in [1.54, 1.807) is 12.1 Å². The summed E-state index contributed by atoms with van der Waals surface area (Å²) < 4.78 is 25.4. The second-order valence-electron chi connectivity index (χ2n) is 5.69. The van der Waals surface area contributed by atoms with Crippen LogP contribution in [0.4, 0.5) is 0 Å². The zero-order valence-corrected chi connectivity index (χ0v) is 14.5. The van der Waals surface area contributed by atoms with E-state index in [0.29, 0.717) is 5.56 Å². The van der Waals surface area contributed by atoms with E-state index in [4.69, 9.17) is 4.84 Å². The first kappa shape index (κ1) is 17.9. The third-order valence-electron chi connectivity index (χ3n) is 4.12. The zero-order valence-electron chi connectivity index (χ0n) is 13.7. The number of likely N-dealkylation sites (tertiary alicyclic amines) is 1. The van der Waals surface area contributed by atoms with Crippen LogP contribution in [0.5, 0.6) is 0 Å². The first-order chi connectivity index (χ1) is 11.0. The number of carbonyl (C=O) groups is 1. The van der Waals surface area contributed by atoms with Crippen LogP contribution in [0, 0.1) is 0 Å². The van der Waals surface area contributed by atoms with E-state index in [2.05, 4.69) is 0 Å². The van der Waals surface area contributed by atoms with Gasteiger partial charge in [0.15, 0.2) is 0 Å². The van der Waals surface area contributed by atoms with Crippen LogP contribution in [0.3, 0.4) is 0 Å². The van der Waals surface area contributed by atoms with Crippen LogP contribution in [-0.2, 0) is 14.9 Å². The average molecular weight is 340 g/mol. The van der Waals surface area contributed by atoms with Crippen LogP contribution in [0.1, 0.15) is 42.5 Å². The standard InChI is InChI=1S/C16H24N2O4S/c1-17(22-2)23(20,21)15-10-8-9-14(13-15)16(19)18-11-6-4-3-5-7-12-18/h8-10,13H,3-7,11-12H2,1-2H3. The number of nitrogens with zero attached hydrogens (tertiary/aromatic N) is 2. The van der Waals surface area contributed by atoms with Crippen LogP contribution >= 0.6 is 0 Å². The highest BCUT2D eigenvalue weighted by Gasteiger charge is 2.23. The van der Waals surface area contributed by atoms with Crippen LogP contribution in [-0.4, -0.2) is 50.9 Å². The molecule has 128 valence electrons. The lowest BCUT2D eigenvalue weighted by molar-refractivity contribution is -0.0258. The molecule has 0 atom stereocenters. The molecule has 1 aliphatic heterocycles. The second kappa shape index (κ2) is 7.90. The summed E-state index contributed by atoms with van der Waals surface area (Å²) in [7, 11) is -1.14. The van der Waals surface area contributed by atoms with Gasteiger partial charge in [0.1, 0.15) is 0 Å². The topological polar surface area (TPSA) is 66.9 Å². The molecule has 0 aliphatic carbocycles. The van der Waals surface area contributed by atoms with Gasteiger partial charge in [0, 0.05) is 25.7 Å². The van der Waals surface area contributed by atoms with Crippen LogP contribution < -0.4 is 0 Å². The summed E-state index contributed by atoms with van der Waals surface area (Å²) in [6.45, 7) is 1.46. The quantitative estimate of drug-likeness (QED) is 0.789. The highest BCUT2D eigenvalue weighted by molar-refractivity contribution is 7.89. The molecule has 1 saturated heterocycles. The molecule has 0 bridgehead atoms. The summed E-state index contributed by atoms with van der Waals surface area (Å²) in [5.41, 5.74) is 0.399. The lowest BCUT2D eigenvalue weighted by atomic mass is 10.1. The molecule has 0 saturated carbocycles. The Bertz CT molecular complexity index is 637. The summed E-state index contributed by atoms with van der Waals surface area (Å²) in [4.78, 5) is 19.3. The number of sulfonamides is 1. The third kappa shape index (κ3) is 4.31. The van der Waals surface area contributed by atoms with E-state index < -0.39 is 10.0 Å². The van der Waals surface area contributed by atoms with E-state index in [-0.39, 0.29) is 10.8 Å². The summed E-state index contributed by atoms with van der Waals surface area (Å²) >= 11 is 0. The minimum atomic E-state index is -3.75. The average Bonchev–Trinajstić information content (AvgIpc) is 2.53. The van der Waals surface area contributed by atoms with E-state index in [1.165, 1.54) is 32.7 Å². The Morgan fingerprint density at radius 1 is 1.13 bits per heavy atom. The van der Waals surface area contributed by atoms with Crippen molar-refractivity contribution in [3.05, 3.63) is 29.8 Å². The SMILES string of the molecule is CON(C)S(=O)(=O)c1cccc(C(=O)N2CCCCCCC2)c1. The fourth-order valence-corrected chi connectivity index (χ4v) is 3.69. The van der Waals surface area contributed by atoms with Gasteiger partial charge in [-0.05, 0) is 31.0 Å². The molecule has 0 spiro atoms. The monoisotopic (exact) mass is 340 g/mol. The Hall–Kier alpha value is -1.44. The smallest absolute Gasteiger partial charge is 0.264 e. The van der Waals surface area contributed by atoms with E-state index in [1.807, 2.05) is 4.90 Å². The maximum atomic E-state index is 12.7. The fourth-order valence-electron chi connectivity index (χ4n) is 2.67.